The Morgan fingerprint density at radius 3 is 2.15 bits per heavy atom. The zero-order chi connectivity index (χ0) is 18.4. The largest absolute Gasteiger partial charge is 0.497 e. The van der Waals surface area contributed by atoms with Crippen molar-refractivity contribution in [3.05, 3.63) is 94.5 Å². The summed E-state index contributed by atoms with van der Waals surface area (Å²) in [6, 6.07) is 23.3. The highest BCUT2D eigenvalue weighted by atomic mass is 35.5. The van der Waals surface area contributed by atoms with Crippen LogP contribution in [0.3, 0.4) is 0 Å². The van der Waals surface area contributed by atoms with Crippen LogP contribution in [-0.2, 0) is 0 Å². The first kappa shape index (κ1) is 19.9. The number of halogens is 1. The second-order valence-electron chi connectivity index (χ2n) is 5.45. The molecule has 0 unspecified atom stereocenters. The van der Waals surface area contributed by atoms with Crippen molar-refractivity contribution in [1.82, 2.24) is 0 Å². The first-order chi connectivity index (χ1) is 12.7. The van der Waals surface area contributed by atoms with E-state index in [1.165, 1.54) is 12.1 Å². The van der Waals surface area contributed by atoms with Gasteiger partial charge in [0.25, 0.3) is 5.69 Å². The Hall–Kier alpha value is -3.38. The van der Waals surface area contributed by atoms with Crippen LogP contribution >= 0.6 is 12.4 Å². The van der Waals surface area contributed by atoms with Crippen molar-refractivity contribution in [2.45, 2.75) is 0 Å². The van der Waals surface area contributed by atoms with Crippen LogP contribution < -0.4 is 10.1 Å². The standard InChI is InChI=1S/C20H17N3O3.ClH/c1-26-19-13-7-15(8-14-19)20(21-16-5-3-2-4-6-16)22-17-9-11-18(12-10-17)23(24)25;/h2-14H,1H3,(H,21,22);1H. The van der Waals surface area contributed by atoms with Crippen LogP contribution in [0.4, 0.5) is 17.1 Å². The van der Waals surface area contributed by atoms with Crippen molar-refractivity contribution < 1.29 is 9.66 Å². The van der Waals surface area contributed by atoms with E-state index in [0.717, 1.165) is 17.0 Å². The van der Waals surface area contributed by atoms with Gasteiger partial charge in [-0.1, -0.05) is 18.2 Å². The summed E-state index contributed by atoms with van der Waals surface area (Å²) in [6.45, 7) is 0. The zero-order valence-electron chi connectivity index (χ0n) is 14.5. The summed E-state index contributed by atoms with van der Waals surface area (Å²) in [5.41, 5.74) is 2.41. The summed E-state index contributed by atoms with van der Waals surface area (Å²) in [4.78, 5) is 15.0. The normalized spacial score (nSPS) is 10.6. The molecule has 0 atom stereocenters. The average molecular weight is 384 g/mol. The van der Waals surface area contributed by atoms with Gasteiger partial charge in [0.1, 0.15) is 11.6 Å². The van der Waals surface area contributed by atoms with E-state index >= 15 is 0 Å². The molecular formula is C20H18ClN3O3. The van der Waals surface area contributed by atoms with E-state index in [0.29, 0.717) is 11.5 Å². The van der Waals surface area contributed by atoms with Crippen LogP contribution in [0, 0.1) is 10.1 Å². The van der Waals surface area contributed by atoms with E-state index in [2.05, 4.69) is 10.3 Å². The van der Waals surface area contributed by atoms with Gasteiger partial charge in [-0.25, -0.2) is 4.99 Å². The topological polar surface area (TPSA) is 76.8 Å². The predicted molar refractivity (Wildman–Crippen MR) is 110 cm³/mol. The molecule has 0 aliphatic rings. The maximum Gasteiger partial charge on any atom is 0.269 e. The van der Waals surface area contributed by atoms with Crippen molar-refractivity contribution in [2.24, 2.45) is 4.99 Å². The Labute approximate surface area is 163 Å². The van der Waals surface area contributed by atoms with Gasteiger partial charge >= 0.3 is 0 Å². The highest BCUT2D eigenvalue weighted by Crippen LogP contribution is 2.21. The number of methoxy groups -OCH3 is 1. The first-order valence-corrected chi connectivity index (χ1v) is 7.95. The van der Waals surface area contributed by atoms with Crippen LogP contribution in [0.1, 0.15) is 5.56 Å². The fourth-order valence-corrected chi connectivity index (χ4v) is 2.35. The molecule has 0 aromatic heterocycles. The number of nitrogens with zero attached hydrogens (tertiary/aromatic N) is 2. The van der Waals surface area contributed by atoms with E-state index in [-0.39, 0.29) is 18.1 Å². The Morgan fingerprint density at radius 1 is 0.963 bits per heavy atom. The number of amidine groups is 1. The summed E-state index contributed by atoms with van der Waals surface area (Å²) in [5.74, 6) is 1.39. The predicted octanol–water partition coefficient (Wildman–Crippen LogP) is 5.22. The zero-order valence-corrected chi connectivity index (χ0v) is 15.3. The molecule has 0 aliphatic carbocycles. The number of rotatable bonds is 5. The molecule has 0 radical (unpaired) electrons. The molecule has 0 bridgehead atoms. The van der Waals surface area contributed by atoms with E-state index in [1.807, 2.05) is 54.6 Å². The third kappa shape index (κ3) is 5.29. The van der Waals surface area contributed by atoms with Crippen LogP contribution in [0.15, 0.2) is 83.9 Å². The summed E-state index contributed by atoms with van der Waals surface area (Å²) >= 11 is 0. The molecule has 3 aromatic rings. The summed E-state index contributed by atoms with van der Waals surface area (Å²) in [7, 11) is 1.61. The SMILES string of the molecule is COc1ccc(C(=Nc2ccc([N+](=O)[O-])cc2)Nc2ccccc2)cc1.Cl. The maximum atomic E-state index is 10.8. The number of nitrogens with one attached hydrogen (secondary N) is 1. The Morgan fingerprint density at radius 2 is 1.59 bits per heavy atom. The number of nitro benzene ring substituents is 1. The number of aliphatic imine (C=N–C) groups is 1. The molecule has 0 aliphatic heterocycles. The molecule has 27 heavy (non-hydrogen) atoms. The van der Waals surface area contributed by atoms with Gasteiger partial charge in [0, 0.05) is 23.4 Å². The second-order valence-corrected chi connectivity index (χ2v) is 5.45. The fourth-order valence-electron chi connectivity index (χ4n) is 2.35. The van der Waals surface area contributed by atoms with Crippen molar-refractivity contribution in [2.75, 3.05) is 12.4 Å². The number of hydrogen-bond donors (Lipinski definition) is 1. The van der Waals surface area contributed by atoms with Crippen molar-refractivity contribution in [3.8, 4) is 5.75 Å². The lowest BCUT2D eigenvalue weighted by Crippen LogP contribution is -2.13. The molecule has 6 nitrogen and oxygen atoms in total. The highest BCUT2D eigenvalue weighted by molar-refractivity contribution is 6.09. The van der Waals surface area contributed by atoms with Gasteiger partial charge in [0.2, 0.25) is 0 Å². The minimum absolute atomic E-state index is 0. The van der Waals surface area contributed by atoms with Crippen LogP contribution in [-0.4, -0.2) is 17.9 Å². The average Bonchev–Trinajstić information content (AvgIpc) is 2.69. The van der Waals surface area contributed by atoms with Gasteiger partial charge in [-0.2, -0.15) is 0 Å². The molecule has 0 saturated heterocycles. The molecule has 3 rings (SSSR count). The van der Waals surface area contributed by atoms with Gasteiger partial charge < -0.3 is 10.1 Å². The molecule has 138 valence electrons. The number of ether oxygens (including phenoxy) is 1. The second kappa shape index (κ2) is 9.35. The third-order valence-electron chi connectivity index (χ3n) is 3.70. The van der Waals surface area contributed by atoms with Crippen molar-refractivity contribution in [1.29, 1.82) is 0 Å². The van der Waals surface area contributed by atoms with Gasteiger partial charge in [0.15, 0.2) is 0 Å². The molecule has 1 N–H and O–H groups in total. The molecule has 0 fully saturated rings. The van der Waals surface area contributed by atoms with E-state index < -0.39 is 4.92 Å². The fraction of sp³-hybridized carbons (Fsp3) is 0.0500. The number of para-hydroxylation sites is 1. The van der Waals surface area contributed by atoms with Gasteiger partial charge in [-0.15, -0.1) is 12.4 Å². The van der Waals surface area contributed by atoms with Crippen LogP contribution in [0.25, 0.3) is 0 Å². The first-order valence-electron chi connectivity index (χ1n) is 7.95. The quantitative estimate of drug-likeness (QED) is 0.284. The van der Waals surface area contributed by atoms with E-state index in [1.54, 1.807) is 19.2 Å². The smallest absolute Gasteiger partial charge is 0.269 e. The van der Waals surface area contributed by atoms with Crippen molar-refractivity contribution >= 4 is 35.3 Å². The lowest BCUT2D eigenvalue weighted by Gasteiger charge is -2.11. The Kier molecular flexibility index (Phi) is 6.91. The number of nitro groups is 1. The highest BCUT2D eigenvalue weighted by Gasteiger charge is 2.07. The molecule has 0 amide bonds. The minimum Gasteiger partial charge on any atom is -0.497 e. The summed E-state index contributed by atoms with van der Waals surface area (Å²) in [5, 5.41) is 14.1. The molecule has 7 heteroatoms. The number of benzene rings is 3. The molecule has 3 aromatic carbocycles. The molecule has 0 spiro atoms. The lowest BCUT2D eigenvalue weighted by molar-refractivity contribution is -0.384. The van der Waals surface area contributed by atoms with Crippen molar-refractivity contribution in [3.63, 3.8) is 0 Å². The van der Waals surface area contributed by atoms with Gasteiger partial charge in [-0.05, 0) is 48.5 Å². The number of non-ortho nitro benzene ring substituents is 1. The molecule has 0 heterocycles. The third-order valence-corrected chi connectivity index (χ3v) is 3.70. The summed E-state index contributed by atoms with van der Waals surface area (Å²) in [6.07, 6.45) is 0. The Balaban J connectivity index is 0.00000261. The van der Waals surface area contributed by atoms with E-state index in [4.69, 9.17) is 4.74 Å². The molecular weight excluding hydrogens is 366 g/mol. The van der Waals surface area contributed by atoms with E-state index in [9.17, 15) is 10.1 Å². The maximum absolute atomic E-state index is 10.8. The van der Waals surface area contributed by atoms with Gasteiger partial charge in [-0.3, -0.25) is 10.1 Å². The number of anilines is 1. The summed E-state index contributed by atoms with van der Waals surface area (Å²) < 4.78 is 5.20. The Bertz CT molecular complexity index is 911. The number of hydrogen-bond acceptors (Lipinski definition) is 4. The lowest BCUT2D eigenvalue weighted by atomic mass is 10.2. The van der Waals surface area contributed by atoms with Crippen LogP contribution in [0.5, 0.6) is 5.75 Å². The monoisotopic (exact) mass is 383 g/mol. The van der Waals surface area contributed by atoms with Crippen LogP contribution in [0.2, 0.25) is 0 Å². The minimum atomic E-state index is -0.430. The van der Waals surface area contributed by atoms with Gasteiger partial charge in [0.05, 0.1) is 17.7 Å². The molecule has 0 saturated carbocycles.